The van der Waals surface area contributed by atoms with Crippen LogP contribution in [0.4, 0.5) is 5.82 Å². The highest BCUT2D eigenvalue weighted by molar-refractivity contribution is 5.95. The normalized spacial score (nSPS) is 12.5. The van der Waals surface area contributed by atoms with E-state index >= 15 is 0 Å². The minimum Gasteiger partial charge on any atom is -0.361 e. The van der Waals surface area contributed by atoms with E-state index < -0.39 is 6.04 Å². The van der Waals surface area contributed by atoms with Crippen molar-refractivity contribution in [1.82, 2.24) is 15.2 Å². The molecule has 0 saturated carbocycles. The van der Waals surface area contributed by atoms with E-state index in [1.807, 2.05) is 37.4 Å². The number of fused-ring (bicyclic) bond motifs is 1. The number of carbonyl (C=O) groups excluding carboxylic acids is 1. The van der Waals surface area contributed by atoms with Crippen LogP contribution >= 0.6 is 0 Å². The molecular formula is C15H17N5O. The van der Waals surface area contributed by atoms with E-state index in [9.17, 15) is 4.79 Å². The van der Waals surface area contributed by atoms with Crippen LogP contribution in [-0.2, 0) is 11.2 Å². The quantitative estimate of drug-likeness (QED) is 0.586. The van der Waals surface area contributed by atoms with Gasteiger partial charge in [0.1, 0.15) is 5.82 Å². The number of aryl methyl sites for hydroxylation is 1. The van der Waals surface area contributed by atoms with Crippen LogP contribution in [0.15, 0.2) is 36.7 Å². The number of H-pyrrole nitrogens is 2. The van der Waals surface area contributed by atoms with Gasteiger partial charge in [0.2, 0.25) is 5.91 Å². The first-order chi connectivity index (χ1) is 10.1. The van der Waals surface area contributed by atoms with Crippen LogP contribution in [-0.4, -0.2) is 27.1 Å². The number of nitrogens with two attached hydrogens (primary N) is 1. The lowest BCUT2D eigenvalue weighted by Crippen LogP contribution is -2.37. The molecule has 0 aliphatic carbocycles. The van der Waals surface area contributed by atoms with Crippen molar-refractivity contribution in [3.05, 3.63) is 47.8 Å². The number of aromatic amines is 2. The first kappa shape index (κ1) is 13.4. The van der Waals surface area contributed by atoms with Gasteiger partial charge in [0.25, 0.3) is 0 Å². The van der Waals surface area contributed by atoms with E-state index in [2.05, 4.69) is 20.5 Å². The van der Waals surface area contributed by atoms with Crippen molar-refractivity contribution in [3.63, 3.8) is 0 Å². The molecule has 5 N–H and O–H groups in total. The van der Waals surface area contributed by atoms with E-state index in [0.717, 1.165) is 22.0 Å². The molecule has 6 nitrogen and oxygen atoms in total. The fraction of sp³-hybridized carbons (Fsp3) is 0.200. The number of benzene rings is 1. The number of nitrogens with zero attached hydrogens (tertiary/aromatic N) is 1. The van der Waals surface area contributed by atoms with Gasteiger partial charge in [-0.25, -0.2) is 0 Å². The maximum absolute atomic E-state index is 12.1. The second-order valence-corrected chi connectivity index (χ2v) is 5.09. The summed E-state index contributed by atoms with van der Waals surface area (Å²) in [5, 5.41) is 10.5. The number of rotatable bonds is 4. The van der Waals surface area contributed by atoms with E-state index in [-0.39, 0.29) is 5.91 Å². The molecule has 0 aliphatic heterocycles. The molecule has 21 heavy (non-hydrogen) atoms. The van der Waals surface area contributed by atoms with Crippen LogP contribution in [0.2, 0.25) is 0 Å². The first-order valence-corrected chi connectivity index (χ1v) is 6.76. The molecule has 1 atom stereocenters. The average Bonchev–Trinajstić information content (AvgIpc) is 3.07. The Labute approximate surface area is 121 Å². The zero-order valence-electron chi connectivity index (χ0n) is 11.7. The zero-order chi connectivity index (χ0) is 14.8. The van der Waals surface area contributed by atoms with Crippen LogP contribution in [0, 0.1) is 6.92 Å². The molecule has 3 aromatic rings. The molecule has 0 bridgehead atoms. The second kappa shape index (κ2) is 5.41. The van der Waals surface area contributed by atoms with Gasteiger partial charge in [0, 0.05) is 22.7 Å². The first-order valence-electron chi connectivity index (χ1n) is 6.76. The molecule has 0 fully saturated rings. The smallest absolute Gasteiger partial charge is 0.242 e. The van der Waals surface area contributed by atoms with E-state index in [1.54, 1.807) is 6.20 Å². The molecule has 1 amide bonds. The molecular weight excluding hydrogens is 266 g/mol. The average molecular weight is 283 g/mol. The van der Waals surface area contributed by atoms with Crippen molar-refractivity contribution < 1.29 is 4.79 Å². The minimum absolute atomic E-state index is 0.229. The van der Waals surface area contributed by atoms with Gasteiger partial charge < -0.3 is 16.0 Å². The Balaban J connectivity index is 1.72. The summed E-state index contributed by atoms with van der Waals surface area (Å²) in [5.74, 6) is 0.363. The molecule has 3 rings (SSSR count). The Bertz CT molecular complexity index is 773. The number of carbonyl (C=O) groups is 1. The summed E-state index contributed by atoms with van der Waals surface area (Å²) in [7, 11) is 0. The molecule has 0 radical (unpaired) electrons. The molecule has 6 heteroatoms. The summed E-state index contributed by atoms with van der Waals surface area (Å²) >= 11 is 0. The van der Waals surface area contributed by atoms with E-state index in [4.69, 9.17) is 5.73 Å². The highest BCUT2D eigenvalue weighted by Crippen LogP contribution is 2.19. The predicted molar refractivity (Wildman–Crippen MR) is 81.9 cm³/mol. The maximum atomic E-state index is 12.1. The van der Waals surface area contributed by atoms with Crippen molar-refractivity contribution >= 4 is 22.6 Å². The number of nitrogens with one attached hydrogen (secondary N) is 3. The summed E-state index contributed by atoms with van der Waals surface area (Å²) in [6, 6.07) is 7.34. The lowest BCUT2D eigenvalue weighted by Gasteiger charge is -2.11. The van der Waals surface area contributed by atoms with Crippen LogP contribution < -0.4 is 11.1 Å². The summed E-state index contributed by atoms with van der Waals surface area (Å²) in [6.45, 7) is 1.87. The van der Waals surface area contributed by atoms with Gasteiger partial charge in [-0.3, -0.25) is 9.89 Å². The standard InChI is InChI=1S/C15H17N5O/c1-9-7-18-20-14(9)19-15(21)12(16)6-10-8-17-13-5-3-2-4-11(10)13/h2-5,7-8,12,17H,6,16H2,1H3,(H2,18,19,20,21)/t12-/m0/s1. The van der Waals surface area contributed by atoms with Gasteiger partial charge in [-0.15, -0.1) is 0 Å². The van der Waals surface area contributed by atoms with Crippen molar-refractivity contribution in [2.45, 2.75) is 19.4 Å². The highest BCUT2D eigenvalue weighted by Gasteiger charge is 2.17. The van der Waals surface area contributed by atoms with Crippen LogP contribution in [0.5, 0.6) is 0 Å². The lowest BCUT2D eigenvalue weighted by atomic mass is 10.1. The van der Waals surface area contributed by atoms with Crippen LogP contribution in [0.1, 0.15) is 11.1 Å². The number of para-hydroxylation sites is 1. The van der Waals surface area contributed by atoms with Crippen molar-refractivity contribution in [2.24, 2.45) is 5.73 Å². The molecule has 0 aliphatic rings. The predicted octanol–water partition coefficient (Wildman–Crippen LogP) is 1.71. The molecule has 2 aromatic heterocycles. The van der Waals surface area contributed by atoms with Crippen LogP contribution in [0.25, 0.3) is 10.9 Å². The molecule has 0 spiro atoms. The monoisotopic (exact) mass is 283 g/mol. The van der Waals surface area contributed by atoms with E-state index in [0.29, 0.717) is 12.2 Å². The maximum Gasteiger partial charge on any atom is 0.242 e. The van der Waals surface area contributed by atoms with Gasteiger partial charge in [0.15, 0.2) is 0 Å². The van der Waals surface area contributed by atoms with Crippen LogP contribution in [0.3, 0.4) is 0 Å². The number of anilines is 1. The summed E-state index contributed by atoms with van der Waals surface area (Å²) < 4.78 is 0. The Morgan fingerprint density at radius 3 is 3.00 bits per heavy atom. The van der Waals surface area contributed by atoms with Crippen molar-refractivity contribution in [2.75, 3.05) is 5.32 Å². The van der Waals surface area contributed by atoms with E-state index in [1.165, 1.54) is 0 Å². The molecule has 2 heterocycles. The Morgan fingerprint density at radius 2 is 2.24 bits per heavy atom. The highest BCUT2D eigenvalue weighted by atomic mass is 16.2. The van der Waals surface area contributed by atoms with Gasteiger partial charge in [0.05, 0.1) is 12.2 Å². The third kappa shape index (κ3) is 2.66. The number of aromatic nitrogens is 3. The number of amides is 1. The number of hydrogen-bond acceptors (Lipinski definition) is 3. The Morgan fingerprint density at radius 1 is 1.43 bits per heavy atom. The third-order valence-corrected chi connectivity index (χ3v) is 3.53. The van der Waals surface area contributed by atoms with Gasteiger partial charge in [-0.05, 0) is 25.0 Å². The second-order valence-electron chi connectivity index (χ2n) is 5.09. The summed E-state index contributed by atoms with van der Waals surface area (Å²) in [5.41, 5.74) is 8.97. The van der Waals surface area contributed by atoms with Crippen molar-refractivity contribution in [3.8, 4) is 0 Å². The number of hydrogen-bond donors (Lipinski definition) is 4. The third-order valence-electron chi connectivity index (χ3n) is 3.53. The topological polar surface area (TPSA) is 99.6 Å². The fourth-order valence-corrected chi connectivity index (χ4v) is 2.32. The SMILES string of the molecule is Cc1cn[nH]c1NC(=O)[C@@H](N)Cc1c[nH]c2ccccc12. The largest absolute Gasteiger partial charge is 0.361 e. The van der Waals surface area contributed by atoms with Gasteiger partial charge in [-0.2, -0.15) is 5.10 Å². The summed E-state index contributed by atoms with van der Waals surface area (Å²) in [4.78, 5) is 15.3. The minimum atomic E-state index is -0.619. The van der Waals surface area contributed by atoms with Gasteiger partial charge in [-0.1, -0.05) is 18.2 Å². The fourth-order valence-electron chi connectivity index (χ4n) is 2.32. The van der Waals surface area contributed by atoms with Gasteiger partial charge >= 0.3 is 0 Å². The zero-order valence-corrected chi connectivity index (χ0v) is 11.7. The lowest BCUT2D eigenvalue weighted by molar-refractivity contribution is -0.117. The molecule has 108 valence electrons. The van der Waals surface area contributed by atoms with Crippen molar-refractivity contribution in [1.29, 1.82) is 0 Å². The molecule has 0 unspecified atom stereocenters. The summed E-state index contributed by atoms with van der Waals surface area (Å²) in [6.07, 6.45) is 4.03. The Kier molecular flexibility index (Phi) is 3.45. The molecule has 1 aromatic carbocycles. The molecule has 0 saturated heterocycles. The Hall–Kier alpha value is -2.60.